The van der Waals surface area contributed by atoms with Gasteiger partial charge in [0.1, 0.15) is 11.9 Å². The highest BCUT2D eigenvalue weighted by Gasteiger charge is 2.08. The Balaban J connectivity index is 2.59. The number of nitrogens with two attached hydrogens (primary N) is 1. The van der Waals surface area contributed by atoms with Crippen LogP contribution in [-0.2, 0) is 0 Å². The number of benzene rings is 1. The second-order valence-electron chi connectivity index (χ2n) is 3.14. The molecule has 0 bridgehead atoms. The molecule has 2 N–H and O–H groups in total. The van der Waals surface area contributed by atoms with Crippen LogP contribution in [0.3, 0.4) is 0 Å². The molecule has 2 atom stereocenters. The van der Waals surface area contributed by atoms with Crippen molar-refractivity contribution < 1.29 is 4.74 Å². The number of hydrogen-bond acceptors (Lipinski definition) is 2. The minimum atomic E-state index is 0.0150. The molecule has 13 heavy (non-hydrogen) atoms. The maximum Gasteiger partial charge on any atom is 0.119 e. The van der Waals surface area contributed by atoms with Gasteiger partial charge in [0.25, 0.3) is 0 Å². The summed E-state index contributed by atoms with van der Waals surface area (Å²) < 4.78 is 5.55. The molecule has 0 fully saturated rings. The van der Waals surface area contributed by atoms with Crippen LogP contribution in [-0.4, -0.2) is 12.1 Å². The molecule has 2 unspecified atom stereocenters. The molecule has 3 heteroatoms. The Morgan fingerprint density at radius 3 is 2.23 bits per heavy atom. The molecule has 0 aliphatic carbocycles. The summed E-state index contributed by atoms with van der Waals surface area (Å²) in [4.78, 5) is 0. The molecular formula is C10H14ClNO. The third-order valence-electron chi connectivity index (χ3n) is 1.88. The summed E-state index contributed by atoms with van der Waals surface area (Å²) in [6, 6.07) is 7.29. The van der Waals surface area contributed by atoms with Crippen molar-refractivity contribution in [1.82, 2.24) is 0 Å². The zero-order valence-electron chi connectivity index (χ0n) is 7.83. The van der Waals surface area contributed by atoms with E-state index in [9.17, 15) is 0 Å². The predicted molar refractivity (Wildman–Crippen MR) is 55.2 cm³/mol. The van der Waals surface area contributed by atoms with E-state index in [2.05, 4.69) is 0 Å². The van der Waals surface area contributed by atoms with Crippen molar-refractivity contribution in [2.24, 2.45) is 5.73 Å². The first-order valence-electron chi connectivity index (χ1n) is 4.27. The topological polar surface area (TPSA) is 35.2 Å². The molecule has 1 aromatic rings. The molecular weight excluding hydrogens is 186 g/mol. The lowest BCUT2D eigenvalue weighted by molar-refractivity contribution is 0.196. The first-order valence-corrected chi connectivity index (χ1v) is 4.65. The fourth-order valence-electron chi connectivity index (χ4n) is 0.835. The zero-order chi connectivity index (χ0) is 9.84. The first-order chi connectivity index (χ1) is 6.09. The second kappa shape index (κ2) is 4.49. The molecule has 0 spiro atoms. The molecule has 0 aromatic heterocycles. The van der Waals surface area contributed by atoms with Crippen LogP contribution in [0.4, 0.5) is 0 Å². The maximum absolute atomic E-state index is 5.73. The minimum absolute atomic E-state index is 0.0150. The monoisotopic (exact) mass is 199 g/mol. The van der Waals surface area contributed by atoms with Gasteiger partial charge in [-0.05, 0) is 38.1 Å². The van der Waals surface area contributed by atoms with Gasteiger partial charge in [0.05, 0.1) is 0 Å². The molecule has 0 amide bonds. The average molecular weight is 200 g/mol. The van der Waals surface area contributed by atoms with Gasteiger partial charge >= 0.3 is 0 Å². The summed E-state index contributed by atoms with van der Waals surface area (Å²) in [6.45, 7) is 3.86. The molecule has 0 aliphatic rings. The smallest absolute Gasteiger partial charge is 0.119 e. The minimum Gasteiger partial charge on any atom is -0.489 e. The van der Waals surface area contributed by atoms with Gasteiger partial charge in [-0.1, -0.05) is 11.6 Å². The number of ether oxygens (including phenoxy) is 1. The molecule has 0 saturated heterocycles. The number of rotatable bonds is 3. The number of hydrogen-bond donors (Lipinski definition) is 1. The van der Waals surface area contributed by atoms with Crippen LogP contribution in [0.1, 0.15) is 13.8 Å². The zero-order valence-corrected chi connectivity index (χ0v) is 8.58. The van der Waals surface area contributed by atoms with Gasteiger partial charge in [-0.2, -0.15) is 0 Å². The Morgan fingerprint density at radius 2 is 1.77 bits per heavy atom. The molecule has 0 aliphatic heterocycles. The molecule has 0 radical (unpaired) electrons. The van der Waals surface area contributed by atoms with Gasteiger partial charge in [-0.15, -0.1) is 0 Å². The van der Waals surface area contributed by atoms with Crippen LogP contribution in [0.15, 0.2) is 24.3 Å². The van der Waals surface area contributed by atoms with E-state index >= 15 is 0 Å². The van der Waals surface area contributed by atoms with E-state index in [1.54, 1.807) is 12.1 Å². The molecule has 0 heterocycles. The molecule has 0 saturated carbocycles. The normalized spacial score (nSPS) is 15.1. The Morgan fingerprint density at radius 1 is 1.23 bits per heavy atom. The predicted octanol–water partition coefficient (Wildman–Crippen LogP) is 2.45. The van der Waals surface area contributed by atoms with Gasteiger partial charge < -0.3 is 10.5 Å². The van der Waals surface area contributed by atoms with Crippen LogP contribution < -0.4 is 10.5 Å². The third kappa shape index (κ3) is 3.25. The first kappa shape index (κ1) is 10.4. The maximum atomic E-state index is 5.73. The van der Waals surface area contributed by atoms with E-state index in [0.29, 0.717) is 5.02 Å². The molecule has 1 rings (SSSR count). The summed E-state index contributed by atoms with van der Waals surface area (Å²) in [7, 11) is 0. The van der Waals surface area contributed by atoms with Crippen molar-refractivity contribution in [1.29, 1.82) is 0 Å². The van der Waals surface area contributed by atoms with E-state index < -0.39 is 0 Å². The van der Waals surface area contributed by atoms with Gasteiger partial charge in [0.2, 0.25) is 0 Å². The van der Waals surface area contributed by atoms with E-state index in [1.165, 1.54) is 0 Å². The van der Waals surface area contributed by atoms with E-state index in [-0.39, 0.29) is 12.1 Å². The van der Waals surface area contributed by atoms with Crippen molar-refractivity contribution in [3.63, 3.8) is 0 Å². The Labute approximate surface area is 83.6 Å². The average Bonchev–Trinajstić information content (AvgIpc) is 2.08. The highest BCUT2D eigenvalue weighted by Crippen LogP contribution is 2.17. The standard InChI is InChI=1S/C10H14ClNO/c1-7(12)8(2)13-10-5-3-9(11)4-6-10/h3-8H,12H2,1-2H3. The largest absolute Gasteiger partial charge is 0.489 e. The molecule has 2 nitrogen and oxygen atoms in total. The quantitative estimate of drug-likeness (QED) is 0.812. The van der Waals surface area contributed by atoms with Gasteiger partial charge in [0, 0.05) is 11.1 Å². The van der Waals surface area contributed by atoms with Gasteiger partial charge in [-0.3, -0.25) is 0 Å². The summed E-state index contributed by atoms with van der Waals surface area (Å²) in [5, 5.41) is 0.709. The van der Waals surface area contributed by atoms with Crippen molar-refractivity contribution in [3.05, 3.63) is 29.3 Å². The van der Waals surface area contributed by atoms with E-state index in [1.807, 2.05) is 26.0 Å². The van der Waals surface area contributed by atoms with Crippen LogP contribution in [0.5, 0.6) is 5.75 Å². The summed E-state index contributed by atoms with van der Waals surface area (Å²) in [5.74, 6) is 0.800. The van der Waals surface area contributed by atoms with E-state index in [4.69, 9.17) is 22.1 Å². The van der Waals surface area contributed by atoms with Crippen molar-refractivity contribution >= 4 is 11.6 Å². The van der Waals surface area contributed by atoms with Crippen LogP contribution in [0.25, 0.3) is 0 Å². The van der Waals surface area contributed by atoms with Crippen LogP contribution >= 0.6 is 11.6 Å². The summed E-state index contributed by atoms with van der Waals surface area (Å²) in [6.07, 6.45) is 0.0150. The Hall–Kier alpha value is -0.730. The van der Waals surface area contributed by atoms with Crippen LogP contribution in [0.2, 0.25) is 5.02 Å². The highest BCUT2D eigenvalue weighted by molar-refractivity contribution is 6.30. The summed E-state index contributed by atoms with van der Waals surface area (Å²) in [5.41, 5.74) is 5.66. The lowest BCUT2D eigenvalue weighted by Gasteiger charge is -2.17. The number of halogens is 1. The van der Waals surface area contributed by atoms with E-state index in [0.717, 1.165) is 5.75 Å². The van der Waals surface area contributed by atoms with Crippen molar-refractivity contribution in [3.8, 4) is 5.75 Å². The van der Waals surface area contributed by atoms with Crippen LogP contribution in [0, 0.1) is 0 Å². The van der Waals surface area contributed by atoms with Gasteiger partial charge in [-0.25, -0.2) is 0 Å². The lowest BCUT2D eigenvalue weighted by Crippen LogP contribution is -2.33. The van der Waals surface area contributed by atoms with Gasteiger partial charge in [0.15, 0.2) is 0 Å². The highest BCUT2D eigenvalue weighted by atomic mass is 35.5. The second-order valence-corrected chi connectivity index (χ2v) is 3.57. The van der Waals surface area contributed by atoms with Crippen molar-refractivity contribution in [2.45, 2.75) is 26.0 Å². The molecule has 1 aromatic carbocycles. The third-order valence-corrected chi connectivity index (χ3v) is 2.13. The Bertz CT molecular complexity index is 258. The molecule has 72 valence electrons. The van der Waals surface area contributed by atoms with Crippen molar-refractivity contribution in [2.75, 3.05) is 0 Å². The fraction of sp³-hybridized carbons (Fsp3) is 0.400. The fourth-order valence-corrected chi connectivity index (χ4v) is 0.961. The SMILES string of the molecule is CC(N)C(C)Oc1ccc(Cl)cc1. The Kier molecular flexibility index (Phi) is 3.58. The lowest BCUT2D eigenvalue weighted by atomic mass is 10.2. The summed E-state index contributed by atoms with van der Waals surface area (Å²) >= 11 is 5.73.